The second-order valence-corrected chi connectivity index (χ2v) is 2.96. The smallest absolute Gasteiger partial charge is 0.311 e. The fraction of sp³-hybridized carbons (Fsp3) is 0.200. The van der Waals surface area contributed by atoms with Gasteiger partial charge in [-0.1, -0.05) is 12.1 Å². The lowest BCUT2D eigenvalue weighted by atomic mass is 10.1. The fourth-order valence-corrected chi connectivity index (χ4v) is 1.01. The molecular weight excluding hydrogens is 187 g/mol. The van der Waals surface area contributed by atoms with Crippen LogP contribution in [0.5, 0.6) is 0 Å². The predicted octanol–water partition coefficient (Wildman–Crippen LogP) is 1.79. The number of benzene rings is 1. The molecule has 0 atom stereocenters. The Bertz CT molecular complexity index is 385. The van der Waals surface area contributed by atoms with Crippen molar-refractivity contribution in [2.45, 2.75) is 13.3 Å². The van der Waals surface area contributed by atoms with E-state index >= 15 is 0 Å². The number of carbonyl (C=O) groups excluding carboxylic acids is 1. The van der Waals surface area contributed by atoms with Gasteiger partial charge in [-0.15, -0.1) is 0 Å². The van der Waals surface area contributed by atoms with Gasteiger partial charge in [0.05, 0.1) is 0 Å². The van der Waals surface area contributed by atoms with E-state index in [9.17, 15) is 14.0 Å². The van der Waals surface area contributed by atoms with Gasteiger partial charge in [-0.25, -0.2) is 4.39 Å². The molecule has 0 aromatic heterocycles. The molecule has 0 aliphatic carbocycles. The minimum atomic E-state index is -1.21. The Labute approximate surface area is 80.2 Å². The molecule has 0 amide bonds. The largest absolute Gasteiger partial charge is 0.481 e. The molecule has 1 aromatic carbocycles. The number of carboxylic acid groups (broad SMARTS) is 1. The summed E-state index contributed by atoms with van der Waals surface area (Å²) < 4.78 is 13.0. The zero-order valence-electron chi connectivity index (χ0n) is 7.58. The van der Waals surface area contributed by atoms with Crippen molar-refractivity contribution in [3.05, 3.63) is 35.1 Å². The number of hydrogen-bond acceptors (Lipinski definition) is 2. The molecule has 0 aliphatic heterocycles. The average molecular weight is 196 g/mol. The minimum Gasteiger partial charge on any atom is -0.481 e. The summed E-state index contributed by atoms with van der Waals surface area (Å²) >= 11 is 0. The standard InChI is InChI=1S/C10H9FO3/c1-6-2-3-7(4-8(6)11)9(12)5-10(13)14/h2-4H,5H2,1H3,(H,13,14). The number of ketones is 1. The molecule has 4 heteroatoms. The van der Waals surface area contributed by atoms with Crippen molar-refractivity contribution in [1.29, 1.82) is 0 Å². The molecule has 0 saturated carbocycles. The highest BCUT2D eigenvalue weighted by Gasteiger charge is 2.11. The van der Waals surface area contributed by atoms with Crippen molar-refractivity contribution in [3.63, 3.8) is 0 Å². The molecule has 0 unspecified atom stereocenters. The molecule has 1 rings (SSSR count). The third-order valence-corrected chi connectivity index (χ3v) is 1.81. The van der Waals surface area contributed by atoms with Crippen LogP contribution in [0, 0.1) is 12.7 Å². The highest BCUT2D eigenvalue weighted by atomic mass is 19.1. The summed E-state index contributed by atoms with van der Waals surface area (Å²) in [4.78, 5) is 21.4. The van der Waals surface area contributed by atoms with E-state index in [0.717, 1.165) is 6.07 Å². The van der Waals surface area contributed by atoms with Crippen molar-refractivity contribution < 1.29 is 19.1 Å². The first kappa shape index (κ1) is 10.4. The number of hydrogen-bond donors (Lipinski definition) is 1. The maximum atomic E-state index is 13.0. The first-order valence-corrected chi connectivity index (χ1v) is 4.02. The number of Topliss-reactive ketones (excluding diaryl/α,β-unsaturated/α-hetero) is 1. The summed E-state index contributed by atoms with van der Waals surface area (Å²) in [5.41, 5.74) is 0.521. The van der Waals surface area contributed by atoms with Crippen molar-refractivity contribution in [3.8, 4) is 0 Å². The van der Waals surface area contributed by atoms with E-state index in [4.69, 9.17) is 5.11 Å². The number of carbonyl (C=O) groups is 2. The number of rotatable bonds is 3. The monoisotopic (exact) mass is 196 g/mol. The maximum absolute atomic E-state index is 13.0. The van der Waals surface area contributed by atoms with E-state index < -0.39 is 24.0 Å². The maximum Gasteiger partial charge on any atom is 0.311 e. The van der Waals surface area contributed by atoms with Crippen LogP contribution in [0.2, 0.25) is 0 Å². The molecule has 14 heavy (non-hydrogen) atoms. The molecule has 0 saturated heterocycles. The van der Waals surface area contributed by atoms with Crippen LogP contribution in [-0.2, 0) is 4.79 Å². The normalized spacial score (nSPS) is 9.86. The van der Waals surface area contributed by atoms with Crippen molar-refractivity contribution >= 4 is 11.8 Å². The lowest BCUT2D eigenvalue weighted by Gasteiger charge is -2.00. The van der Waals surface area contributed by atoms with Crippen LogP contribution in [0.1, 0.15) is 22.3 Å². The van der Waals surface area contributed by atoms with Gasteiger partial charge in [-0.2, -0.15) is 0 Å². The van der Waals surface area contributed by atoms with Gasteiger partial charge in [0.2, 0.25) is 0 Å². The molecule has 3 nitrogen and oxygen atoms in total. The molecule has 1 aromatic rings. The Morgan fingerprint density at radius 1 is 1.43 bits per heavy atom. The van der Waals surface area contributed by atoms with Crippen molar-refractivity contribution in [1.82, 2.24) is 0 Å². The SMILES string of the molecule is Cc1ccc(C(=O)CC(=O)O)cc1F. The number of carboxylic acids is 1. The molecular formula is C10H9FO3. The summed E-state index contributed by atoms with van der Waals surface area (Å²) in [7, 11) is 0. The summed E-state index contributed by atoms with van der Waals surface area (Å²) in [6.07, 6.45) is -0.609. The quantitative estimate of drug-likeness (QED) is 0.592. The van der Waals surface area contributed by atoms with Crippen LogP contribution in [0.4, 0.5) is 4.39 Å². The van der Waals surface area contributed by atoms with E-state index in [1.165, 1.54) is 12.1 Å². The molecule has 0 bridgehead atoms. The minimum absolute atomic E-state index is 0.0931. The lowest BCUT2D eigenvalue weighted by molar-refractivity contribution is -0.135. The van der Waals surface area contributed by atoms with Crippen molar-refractivity contribution in [2.75, 3.05) is 0 Å². The van der Waals surface area contributed by atoms with Gasteiger partial charge < -0.3 is 5.11 Å². The molecule has 0 aliphatic rings. The average Bonchev–Trinajstić information content (AvgIpc) is 2.08. The zero-order chi connectivity index (χ0) is 10.7. The Morgan fingerprint density at radius 2 is 2.07 bits per heavy atom. The van der Waals surface area contributed by atoms with Gasteiger partial charge in [0, 0.05) is 5.56 Å². The van der Waals surface area contributed by atoms with Gasteiger partial charge in [0.1, 0.15) is 12.2 Å². The number of aryl methyl sites for hydroxylation is 1. The van der Waals surface area contributed by atoms with E-state index in [-0.39, 0.29) is 5.56 Å². The fourth-order valence-electron chi connectivity index (χ4n) is 1.01. The number of halogens is 1. The van der Waals surface area contributed by atoms with Crippen LogP contribution in [-0.4, -0.2) is 16.9 Å². The predicted molar refractivity (Wildman–Crippen MR) is 47.7 cm³/mol. The van der Waals surface area contributed by atoms with E-state index in [0.29, 0.717) is 5.56 Å². The first-order valence-electron chi connectivity index (χ1n) is 4.02. The number of aliphatic carboxylic acids is 1. The molecule has 0 heterocycles. The summed E-state index contributed by atoms with van der Waals surface area (Å²) in [5, 5.41) is 8.35. The highest BCUT2D eigenvalue weighted by Crippen LogP contribution is 2.10. The van der Waals surface area contributed by atoms with E-state index in [2.05, 4.69) is 0 Å². The Morgan fingerprint density at radius 3 is 2.57 bits per heavy atom. The second-order valence-electron chi connectivity index (χ2n) is 2.96. The second kappa shape index (κ2) is 4.00. The molecule has 0 fully saturated rings. The topological polar surface area (TPSA) is 54.4 Å². The van der Waals surface area contributed by atoms with Gasteiger partial charge in [-0.05, 0) is 18.6 Å². The molecule has 74 valence electrons. The highest BCUT2D eigenvalue weighted by molar-refractivity contribution is 6.05. The third-order valence-electron chi connectivity index (χ3n) is 1.81. The summed E-state index contributed by atoms with van der Waals surface area (Å²) in [6.45, 7) is 1.57. The van der Waals surface area contributed by atoms with E-state index in [1.807, 2.05) is 0 Å². The Kier molecular flexibility index (Phi) is 2.96. The van der Waals surface area contributed by atoms with Crippen LogP contribution in [0.15, 0.2) is 18.2 Å². The van der Waals surface area contributed by atoms with Crippen LogP contribution in [0.25, 0.3) is 0 Å². The van der Waals surface area contributed by atoms with Crippen LogP contribution in [0.3, 0.4) is 0 Å². The summed E-state index contributed by atoms with van der Waals surface area (Å²) in [5.74, 6) is -2.30. The van der Waals surface area contributed by atoms with Crippen molar-refractivity contribution in [2.24, 2.45) is 0 Å². The van der Waals surface area contributed by atoms with Gasteiger partial charge in [-0.3, -0.25) is 9.59 Å². The first-order chi connectivity index (χ1) is 6.50. The zero-order valence-corrected chi connectivity index (χ0v) is 7.58. The summed E-state index contributed by atoms with van der Waals surface area (Å²) in [6, 6.07) is 3.93. The Hall–Kier alpha value is -1.71. The van der Waals surface area contributed by atoms with Gasteiger partial charge >= 0.3 is 5.97 Å². The molecule has 0 radical (unpaired) electrons. The lowest BCUT2D eigenvalue weighted by Crippen LogP contribution is -2.07. The van der Waals surface area contributed by atoms with E-state index in [1.54, 1.807) is 6.92 Å². The third kappa shape index (κ3) is 2.39. The molecule has 0 spiro atoms. The van der Waals surface area contributed by atoms with Gasteiger partial charge in [0.25, 0.3) is 0 Å². The van der Waals surface area contributed by atoms with Gasteiger partial charge in [0.15, 0.2) is 5.78 Å². The molecule has 1 N–H and O–H groups in total. The Balaban J connectivity index is 2.91. The van der Waals surface area contributed by atoms with Crippen LogP contribution < -0.4 is 0 Å². The van der Waals surface area contributed by atoms with Crippen LogP contribution >= 0.6 is 0 Å².